The number of phenols is 1. The maximum absolute atomic E-state index is 9.67. The van der Waals surface area contributed by atoms with Crippen LogP contribution in [0.4, 0.5) is 0 Å². The average molecular weight is 233 g/mol. The molecule has 2 unspecified atom stereocenters. The largest absolute Gasteiger partial charge is 0.508 e. The number of hydrogen-bond donors (Lipinski definition) is 1. The summed E-state index contributed by atoms with van der Waals surface area (Å²) < 4.78 is 0. The first kappa shape index (κ1) is 12.4. The fourth-order valence-corrected chi connectivity index (χ4v) is 2.99. The maximum Gasteiger partial charge on any atom is 0.115 e. The van der Waals surface area contributed by atoms with E-state index in [0.717, 1.165) is 0 Å². The highest BCUT2D eigenvalue weighted by molar-refractivity contribution is 5.34. The first-order valence-corrected chi connectivity index (χ1v) is 6.54. The van der Waals surface area contributed by atoms with Crippen molar-refractivity contribution in [3.05, 3.63) is 29.8 Å². The Balaban J connectivity index is 2.38. The van der Waals surface area contributed by atoms with E-state index in [1.807, 2.05) is 12.1 Å². The lowest BCUT2D eigenvalue weighted by atomic mass is 9.73. The molecule has 0 aromatic heterocycles. The van der Waals surface area contributed by atoms with Gasteiger partial charge in [0.1, 0.15) is 5.75 Å². The lowest BCUT2D eigenvalue weighted by Crippen LogP contribution is -2.44. The van der Waals surface area contributed by atoms with Crippen molar-refractivity contribution < 1.29 is 5.11 Å². The molecule has 1 heterocycles. The highest BCUT2D eigenvalue weighted by Gasteiger charge is 2.36. The molecule has 1 aromatic carbocycles. The van der Waals surface area contributed by atoms with Gasteiger partial charge >= 0.3 is 0 Å². The number of benzene rings is 1. The quantitative estimate of drug-likeness (QED) is 0.805. The van der Waals surface area contributed by atoms with Crippen molar-refractivity contribution >= 4 is 0 Å². The van der Waals surface area contributed by atoms with Crippen molar-refractivity contribution in [3.63, 3.8) is 0 Å². The van der Waals surface area contributed by atoms with Gasteiger partial charge in [-0.15, -0.1) is 0 Å². The van der Waals surface area contributed by atoms with Crippen molar-refractivity contribution in [2.45, 2.75) is 44.6 Å². The Labute approximate surface area is 104 Å². The van der Waals surface area contributed by atoms with E-state index < -0.39 is 0 Å². The van der Waals surface area contributed by atoms with Crippen molar-refractivity contribution in [1.29, 1.82) is 0 Å². The third-order valence-electron chi connectivity index (χ3n) is 4.55. The SMILES string of the molecule is CC1N(C)CCCCC1(C)c1cccc(O)c1. The Bertz CT molecular complexity index is 390. The van der Waals surface area contributed by atoms with Gasteiger partial charge in [-0.25, -0.2) is 0 Å². The number of aromatic hydroxyl groups is 1. The summed E-state index contributed by atoms with van der Waals surface area (Å²) in [7, 11) is 2.21. The van der Waals surface area contributed by atoms with Crippen LogP contribution in [0.5, 0.6) is 5.75 Å². The monoisotopic (exact) mass is 233 g/mol. The number of phenolic OH excluding ortho intramolecular Hbond substituents is 1. The molecule has 2 heteroatoms. The molecule has 17 heavy (non-hydrogen) atoms. The zero-order valence-corrected chi connectivity index (χ0v) is 11.1. The van der Waals surface area contributed by atoms with Gasteiger partial charge in [0.25, 0.3) is 0 Å². The van der Waals surface area contributed by atoms with Gasteiger partial charge in [0.15, 0.2) is 0 Å². The Morgan fingerprint density at radius 1 is 1.35 bits per heavy atom. The minimum Gasteiger partial charge on any atom is -0.508 e. The molecule has 1 fully saturated rings. The maximum atomic E-state index is 9.67. The number of likely N-dealkylation sites (tertiary alicyclic amines) is 1. The molecule has 1 aliphatic rings. The van der Waals surface area contributed by atoms with Crippen molar-refractivity contribution in [1.82, 2.24) is 4.90 Å². The Morgan fingerprint density at radius 2 is 2.12 bits per heavy atom. The number of nitrogens with zero attached hydrogens (tertiary/aromatic N) is 1. The molecule has 0 radical (unpaired) electrons. The summed E-state index contributed by atoms with van der Waals surface area (Å²) in [6.07, 6.45) is 3.73. The van der Waals surface area contributed by atoms with E-state index in [1.54, 1.807) is 6.07 Å². The van der Waals surface area contributed by atoms with Crippen molar-refractivity contribution in [2.24, 2.45) is 0 Å². The van der Waals surface area contributed by atoms with Crippen LogP contribution in [0, 0.1) is 0 Å². The molecule has 0 spiro atoms. The van der Waals surface area contributed by atoms with E-state index in [1.165, 1.54) is 31.4 Å². The zero-order chi connectivity index (χ0) is 12.5. The van der Waals surface area contributed by atoms with Crippen LogP contribution < -0.4 is 0 Å². The molecule has 2 rings (SSSR count). The minimum atomic E-state index is 0.143. The van der Waals surface area contributed by atoms with Crippen LogP contribution >= 0.6 is 0 Å². The van der Waals surface area contributed by atoms with Crippen LogP contribution in [0.2, 0.25) is 0 Å². The first-order chi connectivity index (χ1) is 8.04. The molecule has 2 atom stereocenters. The second-order valence-electron chi connectivity index (χ2n) is 5.58. The normalized spacial score (nSPS) is 31.1. The highest BCUT2D eigenvalue weighted by Crippen LogP contribution is 2.38. The first-order valence-electron chi connectivity index (χ1n) is 6.54. The molecule has 1 aromatic rings. The average Bonchev–Trinajstić information content (AvgIpc) is 2.44. The molecule has 0 amide bonds. The third kappa shape index (κ3) is 2.32. The van der Waals surface area contributed by atoms with Gasteiger partial charge in [-0.1, -0.05) is 25.5 Å². The molecular formula is C15H23NO. The molecular weight excluding hydrogens is 210 g/mol. The van der Waals surface area contributed by atoms with Gasteiger partial charge in [-0.2, -0.15) is 0 Å². The number of likely N-dealkylation sites (N-methyl/N-ethyl adjacent to an activating group) is 1. The van der Waals surface area contributed by atoms with Gasteiger partial charge < -0.3 is 10.0 Å². The second kappa shape index (κ2) is 4.69. The molecule has 2 nitrogen and oxygen atoms in total. The minimum absolute atomic E-state index is 0.143. The second-order valence-corrected chi connectivity index (χ2v) is 5.58. The molecule has 0 aliphatic carbocycles. The molecule has 94 valence electrons. The number of hydrogen-bond acceptors (Lipinski definition) is 2. The van der Waals surface area contributed by atoms with E-state index in [4.69, 9.17) is 0 Å². The molecule has 1 saturated heterocycles. The molecule has 1 aliphatic heterocycles. The highest BCUT2D eigenvalue weighted by atomic mass is 16.3. The molecule has 0 bridgehead atoms. The van der Waals surface area contributed by atoms with Gasteiger partial charge in [0, 0.05) is 11.5 Å². The van der Waals surface area contributed by atoms with Crippen molar-refractivity contribution in [3.8, 4) is 5.75 Å². The lowest BCUT2D eigenvalue weighted by molar-refractivity contribution is 0.186. The summed E-state index contributed by atoms with van der Waals surface area (Å²) in [5, 5.41) is 9.67. The summed E-state index contributed by atoms with van der Waals surface area (Å²) in [5.74, 6) is 0.378. The summed E-state index contributed by atoms with van der Waals surface area (Å²) in [6.45, 7) is 5.80. The van der Waals surface area contributed by atoms with E-state index in [2.05, 4.69) is 31.9 Å². The smallest absolute Gasteiger partial charge is 0.115 e. The molecule has 1 N–H and O–H groups in total. The fourth-order valence-electron chi connectivity index (χ4n) is 2.99. The van der Waals surface area contributed by atoms with Crippen molar-refractivity contribution in [2.75, 3.05) is 13.6 Å². The van der Waals surface area contributed by atoms with E-state index in [0.29, 0.717) is 11.8 Å². The number of rotatable bonds is 1. The van der Waals surface area contributed by atoms with Crippen LogP contribution in [-0.2, 0) is 5.41 Å². The summed E-state index contributed by atoms with van der Waals surface area (Å²) >= 11 is 0. The van der Waals surface area contributed by atoms with Gasteiger partial charge in [-0.3, -0.25) is 0 Å². The Kier molecular flexibility index (Phi) is 3.43. The zero-order valence-electron chi connectivity index (χ0n) is 11.1. The van der Waals surface area contributed by atoms with E-state index in [-0.39, 0.29) is 5.41 Å². The molecule has 0 saturated carbocycles. The Morgan fingerprint density at radius 3 is 2.82 bits per heavy atom. The lowest BCUT2D eigenvalue weighted by Gasteiger charge is -2.39. The van der Waals surface area contributed by atoms with Gasteiger partial charge in [0.2, 0.25) is 0 Å². The van der Waals surface area contributed by atoms with Crippen LogP contribution in [0.15, 0.2) is 24.3 Å². The van der Waals surface area contributed by atoms with E-state index in [9.17, 15) is 5.11 Å². The summed E-state index contributed by atoms with van der Waals surface area (Å²) in [5.41, 5.74) is 1.41. The van der Waals surface area contributed by atoms with E-state index >= 15 is 0 Å². The standard InChI is InChI=1S/C15H23NO/c1-12-15(2,9-4-5-10-16(12)3)13-7-6-8-14(17)11-13/h6-8,11-12,17H,4-5,9-10H2,1-3H3. The predicted octanol–water partition coefficient (Wildman–Crippen LogP) is 3.15. The summed E-state index contributed by atoms with van der Waals surface area (Å²) in [6, 6.07) is 8.28. The fraction of sp³-hybridized carbons (Fsp3) is 0.600. The third-order valence-corrected chi connectivity index (χ3v) is 4.55. The summed E-state index contributed by atoms with van der Waals surface area (Å²) in [4.78, 5) is 2.44. The van der Waals surface area contributed by atoms with Gasteiger partial charge in [0.05, 0.1) is 0 Å². The van der Waals surface area contributed by atoms with Crippen LogP contribution in [0.25, 0.3) is 0 Å². The predicted molar refractivity (Wildman–Crippen MR) is 71.4 cm³/mol. The topological polar surface area (TPSA) is 23.5 Å². The van der Waals surface area contributed by atoms with Crippen LogP contribution in [0.3, 0.4) is 0 Å². The Hall–Kier alpha value is -1.02. The van der Waals surface area contributed by atoms with Crippen LogP contribution in [-0.4, -0.2) is 29.6 Å². The van der Waals surface area contributed by atoms with Crippen LogP contribution in [0.1, 0.15) is 38.7 Å². The van der Waals surface area contributed by atoms with Gasteiger partial charge in [-0.05, 0) is 51.1 Å².